The van der Waals surface area contributed by atoms with Gasteiger partial charge in [-0.2, -0.15) is 0 Å². The number of allylic oxidation sites excluding steroid dienone is 1. The van der Waals surface area contributed by atoms with E-state index in [0.29, 0.717) is 18.6 Å². The average molecular weight is 548 g/mol. The van der Waals surface area contributed by atoms with Gasteiger partial charge in [-0.25, -0.2) is 0 Å². The summed E-state index contributed by atoms with van der Waals surface area (Å²) in [5.41, 5.74) is 6.92. The number of aliphatic hydroxyl groups is 1. The number of carbonyl (C=O) groups excluding carboxylic acids is 1. The molecule has 41 heavy (non-hydrogen) atoms. The fourth-order valence-electron chi connectivity index (χ4n) is 4.92. The highest BCUT2D eigenvalue weighted by Crippen LogP contribution is 2.21. The van der Waals surface area contributed by atoms with E-state index in [1.807, 2.05) is 30.3 Å². The van der Waals surface area contributed by atoms with Crippen molar-refractivity contribution in [1.29, 1.82) is 0 Å². The highest BCUT2D eigenvalue weighted by Gasteiger charge is 2.10. The summed E-state index contributed by atoms with van der Waals surface area (Å²) < 4.78 is 6.30. The molecule has 0 aromatic heterocycles. The number of aryl methyl sites for hydroxylation is 2. The van der Waals surface area contributed by atoms with Gasteiger partial charge in [-0.05, 0) is 72.5 Å². The zero-order valence-electron chi connectivity index (χ0n) is 23.9. The largest absolute Gasteiger partial charge is 0.513 e. The number of aliphatic hydroxyl groups excluding tert-OH is 1. The second kappa shape index (κ2) is 16.2. The number of rotatable bonds is 17. The Balaban J connectivity index is 1.32. The lowest BCUT2D eigenvalue weighted by Gasteiger charge is -2.23. The van der Waals surface area contributed by atoms with Crippen molar-refractivity contribution in [2.75, 3.05) is 13.1 Å². The molecule has 0 fully saturated rings. The summed E-state index contributed by atoms with van der Waals surface area (Å²) >= 11 is 0. The van der Waals surface area contributed by atoms with Crippen molar-refractivity contribution < 1.29 is 14.6 Å². The third kappa shape index (κ3) is 10.4. The molecule has 0 aliphatic rings. The van der Waals surface area contributed by atoms with E-state index in [1.165, 1.54) is 22.3 Å². The van der Waals surface area contributed by atoms with Gasteiger partial charge in [0.1, 0.15) is 18.6 Å². The van der Waals surface area contributed by atoms with Crippen LogP contribution in [0, 0.1) is 0 Å². The topological polar surface area (TPSA) is 49.8 Å². The average Bonchev–Trinajstić information content (AvgIpc) is 3.01. The number of aldehydes is 1. The predicted molar refractivity (Wildman–Crippen MR) is 167 cm³/mol. The van der Waals surface area contributed by atoms with Gasteiger partial charge < -0.3 is 9.84 Å². The van der Waals surface area contributed by atoms with E-state index >= 15 is 0 Å². The van der Waals surface area contributed by atoms with Crippen molar-refractivity contribution in [1.82, 2.24) is 4.90 Å². The summed E-state index contributed by atoms with van der Waals surface area (Å²) in [6.07, 6.45) is 6.33. The number of nitrogens with zero attached hydrogens (tertiary/aromatic N) is 1. The summed E-state index contributed by atoms with van der Waals surface area (Å²) in [5, 5.41) is 9.45. The molecule has 0 saturated carbocycles. The molecule has 212 valence electrons. The number of hydrogen-bond acceptors (Lipinski definition) is 4. The molecule has 4 nitrogen and oxygen atoms in total. The molecule has 4 heteroatoms. The van der Waals surface area contributed by atoms with Crippen LogP contribution < -0.4 is 4.74 Å². The van der Waals surface area contributed by atoms with Gasteiger partial charge in [-0.1, -0.05) is 104 Å². The number of carbonyl (C=O) groups is 1. The first kappa shape index (κ1) is 29.8. The molecule has 0 aliphatic carbocycles. The lowest BCUT2D eigenvalue weighted by atomic mass is 10.0. The predicted octanol–water partition coefficient (Wildman–Crippen LogP) is 8.15. The number of para-hydroxylation sites is 1. The van der Waals surface area contributed by atoms with Crippen LogP contribution in [0.5, 0.6) is 5.75 Å². The summed E-state index contributed by atoms with van der Waals surface area (Å²) in [6, 6.07) is 35.4. The minimum atomic E-state index is 0.244. The van der Waals surface area contributed by atoms with E-state index < -0.39 is 0 Å². The van der Waals surface area contributed by atoms with Crippen molar-refractivity contribution in [2.45, 2.75) is 51.7 Å². The van der Waals surface area contributed by atoms with Crippen LogP contribution >= 0.6 is 0 Å². The summed E-state index contributed by atoms with van der Waals surface area (Å²) in [7, 11) is 0. The smallest absolute Gasteiger partial charge is 0.150 e. The Labute approximate surface area is 244 Å². The van der Waals surface area contributed by atoms with Crippen LogP contribution in [-0.2, 0) is 32.4 Å². The molecule has 1 N–H and O–H groups in total. The van der Waals surface area contributed by atoms with Gasteiger partial charge in [-0.3, -0.25) is 9.69 Å². The quantitative estimate of drug-likeness (QED) is 0.0823. The molecule has 0 heterocycles. The highest BCUT2D eigenvalue weighted by molar-refractivity contribution is 5.74. The van der Waals surface area contributed by atoms with E-state index in [2.05, 4.69) is 84.3 Å². The second-order valence-electron chi connectivity index (χ2n) is 10.6. The number of hydrogen-bond donors (Lipinski definition) is 1. The Morgan fingerprint density at radius 1 is 0.707 bits per heavy atom. The Hall–Kier alpha value is -4.15. The lowest BCUT2D eigenvalue weighted by molar-refractivity contribution is 0.112. The standard InChI is InChI=1S/C37H41NO3/c1-30(40)9-7-8-25-38(27-33-18-20-34(28-39)21-19-33)26-24-36-12-5-6-13-37(36)41-29-35-22-16-32(17-23-35)15-14-31-10-3-2-4-11-31/h2-6,10-13,16-23,28,40H,1,7-9,14-15,24-27,29H2. The molecular formula is C37H41NO3. The van der Waals surface area contributed by atoms with Crippen molar-refractivity contribution >= 4 is 6.29 Å². The van der Waals surface area contributed by atoms with Gasteiger partial charge in [0.2, 0.25) is 0 Å². The molecule has 4 aromatic carbocycles. The minimum absolute atomic E-state index is 0.244. The molecule has 0 bridgehead atoms. The van der Waals surface area contributed by atoms with Gasteiger partial charge in [0.05, 0.1) is 5.76 Å². The SMILES string of the molecule is C=C(O)CCCCN(CCc1ccccc1OCc1ccc(CCc2ccccc2)cc1)Cc1ccc(C=O)cc1. The zero-order chi connectivity index (χ0) is 28.7. The Bertz CT molecular complexity index is 1350. The van der Waals surface area contributed by atoms with Gasteiger partial charge in [-0.15, -0.1) is 0 Å². The maximum absolute atomic E-state index is 11.0. The molecule has 0 radical (unpaired) electrons. The van der Waals surface area contributed by atoms with Crippen molar-refractivity contribution in [3.8, 4) is 5.75 Å². The number of benzene rings is 4. The van der Waals surface area contributed by atoms with Crippen molar-refractivity contribution in [3.63, 3.8) is 0 Å². The Morgan fingerprint density at radius 2 is 1.34 bits per heavy atom. The van der Waals surface area contributed by atoms with Crippen LogP contribution in [0.1, 0.15) is 57.4 Å². The summed E-state index contributed by atoms with van der Waals surface area (Å²) in [5.74, 6) is 1.17. The zero-order valence-corrected chi connectivity index (χ0v) is 23.9. The lowest BCUT2D eigenvalue weighted by Crippen LogP contribution is -2.27. The number of ether oxygens (including phenoxy) is 1. The second-order valence-corrected chi connectivity index (χ2v) is 10.6. The molecule has 4 aromatic rings. The van der Waals surface area contributed by atoms with E-state index in [9.17, 15) is 9.90 Å². The van der Waals surface area contributed by atoms with E-state index in [4.69, 9.17) is 4.74 Å². The normalized spacial score (nSPS) is 11.0. The monoisotopic (exact) mass is 547 g/mol. The van der Waals surface area contributed by atoms with E-state index in [0.717, 1.165) is 69.3 Å². The highest BCUT2D eigenvalue weighted by atomic mass is 16.5. The van der Waals surface area contributed by atoms with E-state index in [-0.39, 0.29) is 5.76 Å². The summed E-state index contributed by atoms with van der Waals surface area (Å²) in [4.78, 5) is 13.5. The number of unbranched alkanes of at least 4 members (excludes halogenated alkanes) is 1. The molecule has 0 unspecified atom stereocenters. The molecule has 0 amide bonds. The third-order valence-electron chi connectivity index (χ3n) is 7.34. The maximum atomic E-state index is 11.0. The first-order valence-corrected chi connectivity index (χ1v) is 14.5. The van der Waals surface area contributed by atoms with Crippen LogP contribution in [0.15, 0.2) is 115 Å². The van der Waals surface area contributed by atoms with E-state index in [1.54, 1.807) is 0 Å². The van der Waals surface area contributed by atoms with Gasteiger partial charge >= 0.3 is 0 Å². The molecule has 0 saturated heterocycles. The van der Waals surface area contributed by atoms with Crippen LogP contribution in [0.4, 0.5) is 0 Å². The molecule has 0 spiro atoms. The van der Waals surface area contributed by atoms with Crippen LogP contribution in [0.3, 0.4) is 0 Å². The maximum Gasteiger partial charge on any atom is 0.150 e. The van der Waals surface area contributed by atoms with Gasteiger partial charge in [0.25, 0.3) is 0 Å². The van der Waals surface area contributed by atoms with Crippen molar-refractivity contribution in [2.24, 2.45) is 0 Å². The first-order chi connectivity index (χ1) is 20.1. The Kier molecular flexibility index (Phi) is 11.8. The fourth-order valence-corrected chi connectivity index (χ4v) is 4.92. The van der Waals surface area contributed by atoms with Gasteiger partial charge in [0, 0.05) is 25.1 Å². The van der Waals surface area contributed by atoms with Crippen LogP contribution in [0.2, 0.25) is 0 Å². The minimum Gasteiger partial charge on any atom is -0.513 e. The van der Waals surface area contributed by atoms with Crippen LogP contribution in [-0.4, -0.2) is 29.4 Å². The Morgan fingerprint density at radius 3 is 2.05 bits per heavy atom. The molecular weight excluding hydrogens is 506 g/mol. The molecule has 0 aliphatic heterocycles. The molecule has 4 rings (SSSR count). The van der Waals surface area contributed by atoms with Crippen molar-refractivity contribution in [3.05, 3.63) is 149 Å². The van der Waals surface area contributed by atoms with Crippen LogP contribution in [0.25, 0.3) is 0 Å². The van der Waals surface area contributed by atoms with Gasteiger partial charge in [0.15, 0.2) is 0 Å². The first-order valence-electron chi connectivity index (χ1n) is 14.5. The molecule has 0 atom stereocenters. The fraction of sp³-hybridized carbons (Fsp3) is 0.270. The summed E-state index contributed by atoms with van der Waals surface area (Å²) in [6.45, 7) is 6.74. The third-order valence-corrected chi connectivity index (χ3v) is 7.34.